The number of unbranched alkanes of at least 4 members (excludes halogenated alkanes) is 10. The molecule has 1 atom stereocenters. The predicted molar refractivity (Wildman–Crippen MR) is 110 cm³/mol. The minimum absolute atomic E-state index is 0.0343. The first-order valence-electron chi connectivity index (χ1n) is 11.2. The monoisotopic (exact) mass is 371 g/mol. The molecule has 0 aliphatic rings. The van der Waals surface area contributed by atoms with Gasteiger partial charge in [-0.15, -0.1) is 0 Å². The van der Waals surface area contributed by atoms with Crippen molar-refractivity contribution in [3.63, 3.8) is 0 Å². The Kier molecular flexibility index (Phi) is 20.2. The predicted octanol–water partition coefficient (Wildman–Crippen LogP) is 5.23. The SMILES string of the molecule is CCCCCCCCCC(CCCCCCC)C(=O)NCCOCCO. The van der Waals surface area contributed by atoms with Crippen LogP contribution in [0.3, 0.4) is 0 Å². The van der Waals surface area contributed by atoms with Crippen molar-refractivity contribution in [1.82, 2.24) is 5.32 Å². The number of nitrogens with one attached hydrogen (secondary N) is 1. The highest BCUT2D eigenvalue weighted by molar-refractivity contribution is 5.78. The van der Waals surface area contributed by atoms with E-state index >= 15 is 0 Å². The summed E-state index contributed by atoms with van der Waals surface area (Å²) in [5, 5.41) is 11.7. The highest BCUT2D eigenvalue weighted by Crippen LogP contribution is 2.19. The first kappa shape index (κ1) is 25.4. The van der Waals surface area contributed by atoms with Gasteiger partial charge >= 0.3 is 0 Å². The lowest BCUT2D eigenvalue weighted by molar-refractivity contribution is -0.125. The van der Waals surface area contributed by atoms with Crippen LogP contribution >= 0.6 is 0 Å². The number of carbonyl (C=O) groups excluding carboxylic acids is 1. The van der Waals surface area contributed by atoms with Gasteiger partial charge in [-0.3, -0.25) is 4.79 Å². The molecule has 0 aromatic rings. The number of aliphatic hydroxyl groups is 1. The van der Waals surface area contributed by atoms with E-state index in [1.807, 2.05) is 0 Å². The maximum absolute atomic E-state index is 12.5. The maximum Gasteiger partial charge on any atom is 0.223 e. The van der Waals surface area contributed by atoms with Gasteiger partial charge in [0.2, 0.25) is 5.91 Å². The Bertz CT molecular complexity index is 297. The zero-order valence-electron chi connectivity index (χ0n) is 17.6. The summed E-state index contributed by atoms with van der Waals surface area (Å²) in [7, 11) is 0. The van der Waals surface area contributed by atoms with Crippen molar-refractivity contribution in [3.8, 4) is 0 Å². The molecule has 26 heavy (non-hydrogen) atoms. The number of hydrogen-bond donors (Lipinski definition) is 2. The molecule has 1 amide bonds. The summed E-state index contributed by atoms with van der Waals surface area (Å²) < 4.78 is 5.22. The van der Waals surface area contributed by atoms with E-state index in [4.69, 9.17) is 9.84 Å². The molecule has 0 radical (unpaired) electrons. The van der Waals surface area contributed by atoms with E-state index in [1.54, 1.807) is 0 Å². The molecule has 0 rings (SSSR count). The lowest BCUT2D eigenvalue weighted by atomic mass is 9.93. The second-order valence-electron chi connectivity index (χ2n) is 7.44. The first-order chi connectivity index (χ1) is 12.8. The molecule has 0 spiro atoms. The quantitative estimate of drug-likeness (QED) is 0.288. The minimum Gasteiger partial charge on any atom is -0.394 e. The number of aliphatic hydroxyl groups excluding tert-OH is 1. The van der Waals surface area contributed by atoms with Crippen LogP contribution < -0.4 is 5.32 Å². The molecule has 0 fully saturated rings. The van der Waals surface area contributed by atoms with Gasteiger partial charge < -0.3 is 15.2 Å². The highest BCUT2D eigenvalue weighted by Gasteiger charge is 2.17. The maximum atomic E-state index is 12.5. The summed E-state index contributed by atoms with van der Waals surface area (Å²) in [6.07, 6.45) is 17.4. The molecule has 4 nitrogen and oxygen atoms in total. The van der Waals surface area contributed by atoms with Crippen molar-refractivity contribution in [1.29, 1.82) is 0 Å². The van der Waals surface area contributed by atoms with Gasteiger partial charge in [0.15, 0.2) is 0 Å². The molecule has 1 unspecified atom stereocenters. The van der Waals surface area contributed by atoms with Gasteiger partial charge in [-0.1, -0.05) is 90.9 Å². The molecule has 0 saturated heterocycles. The van der Waals surface area contributed by atoms with Crippen LogP contribution in [0.25, 0.3) is 0 Å². The highest BCUT2D eigenvalue weighted by atomic mass is 16.5. The number of ether oxygens (including phenoxy) is 1. The van der Waals surface area contributed by atoms with Crippen LogP contribution in [0.2, 0.25) is 0 Å². The van der Waals surface area contributed by atoms with Gasteiger partial charge in [0, 0.05) is 12.5 Å². The average molecular weight is 372 g/mol. The van der Waals surface area contributed by atoms with Gasteiger partial charge in [-0.25, -0.2) is 0 Å². The van der Waals surface area contributed by atoms with Gasteiger partial charge in [-0.05, 0) is 12.8 Å². The van der Waals surface area contributed by atoms with Gasteiger partial charge in [0.1, 0.15) is 0 Å². The minimum atomic E-state index is 0.0343. The van der Waals surface area contributed by atoms with Crippen LogP contribution in [0.1, 0.15) is 104 Å². The van der Waals surface area contributed by atoms with Crippen molar-refractivity contribution in [2.75, 3.05) is 26.4 Å². The largest absolute Gasteiger partial charge is 0.394 e. The molecule has 0 aliphatic heterocycles. The summed E-state index contributed by atoms with van der Waals surface area (Å²) in [5.41, 5.74) is 0. The zero-order chi connectivity index (χ0) is 19.3. The smallest absolute Gasteiger partial charge is 0.223 e. The topological polar surface area (TPSA) is 58.6 Å². The third-order valence-corrected chi connectivity index (χ3v) is 4.96. The van der Waals surface area contributed by atoms with Gasteiger partial charge in [0.05, 0.1) is 19.8 Å². The van der Waals surface area contributed by atoms with Crippen molar-refractivity contribution < 1.29 is 14.6 Å². The van der Waals surface area contributed by atoms with Crippen molar-refractivity contribution in [2.45, 2.75) is 104 Å². The van der Waals surface area contributed by atoms with Crippen molar-refractivity contribution >= 4 is 5.91 Å². The summed E-state index contributed by atoms with van der Waals surface area (Å²) in [5.74, 6) is 0.351. The third-order valence-electron chi connectivity index (χ3n) is 4.96. The first-order valence-corrected chi connectivity index (χ1v) is 11.2. The summed E-state index contributed by atoms with van der Waals surface area (Å²) in [6, 6.07) is 0. The fourth-order valence-electron chi connectivity index (χ4n) is 3.31. The Morgan fingerprint density at radius 2 is 1.31 bits per heavy atom. The zero-order valence-corrected chi connectivity index (χ0v) is 17.6. The molecule has 0 saturated carbocycles. The van der Waals surface area contributed by atoms with E-state index in [9.17, 15) is 4.79 Å². The fourth-order valence-corrected chi connectivity index (χ4v) is 3.31. The summed E-state index contributed by atoms with van der Waals surface area (Å²) >= 11 is 0. The molecule has 0 heterocycles. The van der Waals surface area contributed by atoms with E-state index < -0.39 is 0 Å². The molecule has 0 bridgehead atoms. The van der Waals surface area contributed by atoms with Crippen LogP contribution in [0.15, 0.2) is 0 Å². The van der Waals surface area contributed by atoms with Crippen molar-refractivity contribution in [3.05, 3.63) is 0 Å². The van der Waals surface area contributed by atoms with E-state index in [1.165, 1.54) is 70.6 Å². The standard InChI is InChI=1S/C22H45NO3/c1-3-5-7-9-10-12-14-16-21(15-13-11-8-6-4-2)22(25)23-17-19-26-20-18-24/h21,24H,3-20H2,1-2H3,(H,23,25). The number of hydrogen-bond acceptors (Lipinski definition) is 3. The molecular weight excluding hydrogens is 326 g/mol. The van der Waals surface area contributed by atoms with Crippen LogP contribution in [0, 0.1) is 5.92 Å². The second-order valence-corrected chi connectivity index (χ2v) is 7.44. The van der Waals surface area contributed by atoms with Gasteiger partial charge in [0.25, 0.3) is 0 Å². The van der Waals surface area contributed by atoms with Crippen molar-refractivity contribution in [2.24, 2.45) is 5.92 Å². The number of rotatable bonds is 20. The second kappa shape index (κ2) is 20.7. The molecular formula is C22H45NO3. The van der Waals surface area contributed by atoms with E-state index in [-0.39, 0.29) is 18.4 Å². The van der Waals surface area contributed by atoms with E-state index in [0.717, 1.165) is 19.3 Å². The summed E-state index contributed by atoms with van der Waals surface area (Å²) in [6.45, 7) is 5.88. The number of amides is 1. The van der Waals surface area contributed by atoms with E-state index in [2.05, 4.69) is 19.2 Å². The van der Waals surface area contributed by atoms with E-state index in [0.29, 0.717) is 19.8 Å². The Balaban J connectivity index is 4.00. The lowest BCUT2D eigenvalue weighted by Crippen LogP contribution is -2.33. The fraction of sp³-hybridized carbons (Fsp3) is 0.955. The molecule has 0 aromatic carbocycles. The van der Waals surface area contributed by atoms with Crippen LogP contribution in [0.5, 0.6) is 0 Å². The number of carbonyl (C=O) groups is 1. The Morgan fingerprint density at radius 3 is 1.81 bits per heavy atom. The average Bonchev–Trinajstić information content (AvgIpc) is 2.65. The lowest BCUT2D eigenvalue weighted by Gasteiger charge is -2.17. The van der Waals surface area contributed by atoms with Crippen LogP contribution in [-0.2, 0) is 9.53 Å². The Labute approximate surface area is 162 Å². The Morgan fingerprint density at radius 1 is 0.808 bits per heavy atom. The van der Waals surface area contributed by atoms with Gasteiger partial charge in [-0.2, -0.15) is 0 Å². The molecule has 2 N–H and O–H groups in total. The molecule has 0 aromatic heterocycles. The molecule has 0 aliphatic carbocycles. The molecule has 4 heteroatoms. The third kappa shape index (κ3) is 16.8. The normalized spacial score (nSPS) is 12.3. The summed E-state index contributed by atoms with van der Waals surface area (Å²) in [4.78, 5) is 12.5. The Hall–Kier alpha value is -0.610. The van der Waals surface area contributed by atoms with Crippen LogP contribution in [0.4, 0.5) is 0 Å². The van der Waals surface area contributed by atoms with Crippen LogP contribution in [-0.4, -0.2) is 37.4 Å². The molecule has 156 valence electrons.